The van der Waals surface area contributed by atoms with Crippen LogP contribution in [0.1, 0.15) is 5.56 Å². The first-order valence-electron chi connectivity index (χ1n) is 6.86. The highest BCUT2D eigenvalue weighted by atomic mass is 35.5. The summed E-state index contributed by atoms with van der Waals surface area (Å²) in [5, 5.41) is 4.38. The number of benzene rings is 2. The summed E-state index contributed by atoms with van der Waals surface area (Å²) in [6.07, 6.45) is 1.01. The van der Waals surface area contributed by atoms with E-state index in [2.05, 4.69) is 9.88 Å². The number of anilines is 1. The topological polar surface area (TPSA) is 81.4 Å². The molecule has 0 aliphatic carbocycles. The van der Waals surface area contributed by atoms with Crippen molar-refractivity contribution in [3.05, 3.63) is 51.8 Å². The lowest BCUT2D eigenvalue weighted by Crippen LogP contribution is -2.09. The molecule has 0 saturated heterocycles. The lowest BCUT2D eigenvalue weighted by Gasteiger charge is -2.08. The van der Waals surface area contributed by atoms with E-state index in [1.54, 1.807) is 6.07 Å². The van der Waals surface area contributed by atoms with E-state index in [0.717, 1.165) is 6.26 Å². The van der Waals surface area contributed by atoms with Gasteiger partial charge in [0.2, 0.25) is 10.0 Å². The normalized spacial score (nSPS) is 11.7. The van der Waals surface area contributed by atoms with Gasteiger partial charge < -0.3 is 9.26 Å². The molecule has 0 spiro atoms. The fraction of sp³-hybridized carbons (Fsp3) is 0.133. The molecule has 6 nitrogen and oxygen atoms in total. The average Bonchev–Trinajstić information content (AvgIpc) is 2.88. The van der Waals surface area contributed by atoms with Crippen LogP contribution in [0, 0.1) is 5.82 Å². The Morgan fingerprint density at radius 3 is 2.68 bits per heavy atom. The number of nitrogens with one attached hydrogen (secondary N) is 1. The number of nitrogens with zero attached hydrogens (tertiary/aromatic N) is 1. The number of rotatable bonds is 5. The van der Waals surface area contributed by atoms with E-state index in [1.165, 1.54) is 24.3 Å². The molecule has 0 fully saturated rings. The van der Waals surface area contributed by atoms with Crippen molar-refractivity contribution in [2.24, 2.45) is 0 Å². The number of fused-ring (bicyclic) bond motifs is 1. The zero-order valence-electron chi connectivity index (χ0n) is 12.7. The third kappa shape index (κ3) is 4.15. The first-order chi connectivity index (χ1) is 11.7. The molecule has 0 amide bonds. The Labute approximate surface area is 152 Å². The van der Waals surface area contributed by atoms with Gasteiger partial charge >= 0.3 is 0 Å². The SMILES string of the molecule is CS(=O)(=O)Nc1noc2cc(COc3ccc(F)c(Cl)c3)c(Cl)cc12. The molecule has 3 rings (SSSR count). The predicted octanol–water partition coefficient (Wildman–Crippen LogP) is 4.22. The highest BCUT2D eigenvalue weighted by Crippen LogP contribution is 2.30. The molecule has 132 valence electrons. The molecule has 0 saturated carbocycles. The molecule has 25 heavy (non-hydrogen) atoms. The zero-order chi connectivity index (χ0) is 18.2. The Hall–Kier alpha value is -2.03. The summed E-state index contributed by atoms with van der Waals surface area (Å²) >= 11 is 11.9. The Bertz CT molecular complexity index is 1050. The maximum atomic E-state index is 13.1. The van der Waals surface area contributed by atoms with Gasteiger partial charge in [0.05, 0.1) is 16.7 Å². The molecule has 0 bridgehead atoms. The van der Waals surface area contributed by atoms with Crippen LogP contribution in [0.15, 0.2) is 34.9 Å². The van der Waals surface area contributed by atoms with Crippen LogP contribution in [0.5, 0.6) is 5.75 Å². The Kier molecular flexibility index (Phi) is 4.77. The van der Waals surface area contributed by atoms with Crippen LogP contribution in [0.25, 0.3) is 11.0 Å². The molecule has 0 aliphatic heterocycles. The number of hydrogen-bond donors (Lipinski definition) is 1. The maximum absolute atomic E-state index is 13.1. The summed E-state index contributed by atoms with van der Waals surface area (Å²) in [5.74, 6) is -0.113. The van der Waals surface area contributed by atoms with Gasteiger partial charge in [0.15, 0.2) is 11.4 Å². The molecule has 1 N–H and O–H groups in total. The van der Waals surface area contributed by atoms with Gasteiger partial charge in [-0.1, -0.05) is 28.4 Å². The Morgan fingerprint density at radius 1 is 1.24 bits per heavy atom. The lowest BCUT2D eigenvalue weighted by molar-refractivity contribution is 0.305. The molecule has 0 unspecified atom stereocenters. The van der Waals surface area contributed by atoms with Crippen LogP contribution in [-0.2, 0) is 16.6 Å². The van der Waals surface area contributed by atoms with Crippen molar-refractivity contribution in [2.45, 2.75) is 6.61 Å². The molecule has 2 aromatic carbocycles. The fourth-order valence-corrected chi connectivity index (χ4v) is 2.97. The summed E-state index contributed by atoms with van der Waals surface area (Å²) in [7, 11) is -3.50. The van der Waals surface area contributed by atoms with E-state index in [1.807, 2.05) is 0 Å². The second-order valence-corrected chi connectivity index (χ2v) is 7.77. The number of halogens is 3. The van der Waals surface area contributed by atoms with E-state index >= 15 is 0 Å². The highest BCUT2D eigenvalue weighted by molar-refractivity contribution is 7.92. The van der Waals surface area contributed by atoms with Crippen LogP contribution >= 0.6 is 23.2 Å². The van der Waals surface area contributed by atoms with Gasteiger partial charge in [-0.3, -0.25) is 4.72 Å². The molecular weight excluding hydrogens is 394 g/mol. The fourth-order valence-electron chi connectivity index (χ4n) is 2.09. The minimum atomic E-state index is -3.50. The van der Waals surface area contributed by atoms with Gasteiger partial charge in [0, 0.05) is 16.7 Å². The zero-order valence-corrected chi connectivity index (χ0v) is 15.0. The summed E-state index contributed by atoms with van der Waals surface area (Å²) < 4.78 is 48.7. The first kappa shape index (κ1) is 17.8. The van der Waals surface area contributed by atoms with Crippen molar-refractivity contribution in [2.75, 3.05) is 11.0 Å². The minimum Gasteiger partial charge on any atom is -0.489 e. The molecule has 1 heterocycles. The van der Waals surface area contributed by atoms with Gasteiger partial charge in [0.1, 0.15) is 18.2 Å². The van der Waals surface area contributed by atoms with Crippen molar-refractivity contribution >= 4 is 50.0 Å². The van der Waals surface area contributed by atoms with Gasteiger partial charge in [-0.15, -0.1) is 0 Å². The standard InChI is InChI=1S/C15H11Cl2FN2O4S/c1-25(21,22)20-15-10-6-11(16)8(4-14(10)24-19-15)7-23-9-2-3-13(18)12(17)5-9/h2-6H,7H2,1H3,(H,19,20). The van der Waals surface area contributed by atoms with Crippen LogP contribution in [0.4, 0.5) is 10.2 Å². The van der Waals surface area contributed by atoms with Crippen LogP contribution in [-0.4, -0.2) is 19.8 Å². The summed E-state index contributed by atoms with van der Waals surface area (Å²) in [6.45, 7) is 0.0757. The van der Waals surface area contributed by atoms with Gasteiger partial charge in [-0.2, -0.15) is 0 Å². The third-order valence-corrected chi connectivity index (χ3v) is 4.41. The number of ether oxygens (including phenoxy) is 1. The van der Waals surface area contributed by atoms with Crippen LogP contribution < -0.4 is 9.46 Å². The minimum absolute atomic E-state index is 0.0502. The smallest absolute Gasteiger partial charge is 0.231 e. The molecular formula is C15H11Cl2FN2O4S. The van der Waals surface area contributed by atoms with E-state index in [4.69, 9.17) is 32.5 Å². The number of hydrogen-bond acceptors (Lipinski definition) is 5. The summed E-state index contributed by atoms with van der Waals surface area (Å²) in [5.41, 5.74) is 0.919. The molecule has 10 heteroatoms. The second kappa shape index (κ2) is 6.70. The van der Waals surface area contributed by atoms with Crippen LogP contribution in [0.2, 0.25) is 10.0 Å². The predicted molar refractivity (Wildman–Crippen MR) is 93.2 cm³/mol. The quantitative estimate of drug-likeness (QED) is 0.687. The third-order valence-electron chi connectivity index (χ3n) is 3.21. The second-order valence-electron chi connectivity index (χ2n) is 5.21. The summed E-state index contributed by atoms with van der Waals surface area (Å²) in [6, 6.07) is 7.10. The van der Waals surface area contributed by atoms with Crippen molar-refractivity contribution in [1.29, 1.82) is 0 Å². The van der Waals surface area contributed by atoms with E-state index in [9.17, 15) is 12.8 Å². The largest absolute Gasteiger partial charge is 0.489 e. The molecule has 0 aliphatic rings. The summed E-state index contributed by atoms with van der Waals surface area (Å²) in [4.78, 5) is 0. The highest BCUT2D eigenvalue weighted by Gasteiger charge is 2.15. The van der Waals surface area contributed by atoms with Crippen molar-refractivity contribution in [3.8, 4) is 5.75 Å². The van der Waals surface area contributed by atoms with Gasteiger partial charge in [-0.05, 0) is 24.3 Å². The molecule has 0 radical (unpaired) electrons. The number of sulfonamides is 1. The first-order valence-corrected chi connectivity index (χ1v) is 9.51. The average molecular weight is 405 g/mol. The number of aromatic nitrogens is 1. The van der Waals surface area contributed by atoms with Crippen molar-refractivity contribution < 1.29 is 22.1 Å². The lowest BCUT2D eigenvalue weighted by atomic mass is 10.2. The molecule has 3 aromatic rings. The van der Waals surface area contributed by atoms with E-state index in [0.29, 0.717) is 27.3 Å². The van der Waals surface area contributed by atoms with Crippen LogP contribution in [0.3, 0.4) is 0 Å². The molecule has 1 aromatic heterocycles. The van der Waals surface area contributed by atoms with Crippen molar-refractivity contribution in [1.82, 2.24) is 5.16 Å². The monoisotopic (exact) mass is 404 g/mol. The van der Waals surface area contributed by atoms with E-state index < -0.39 is 15.8 Å². The Balaban J connectivity index is 1.85. The molecule has 0 atom stereocenters. The van der Waals surface area contributed by atoms with Crippen molar-refractivity contribution in [3.63, 3.8) is 0 Å². The van der Waals surface area contributed by atoms with Gasteiger partial charge in [0.25, 0.3) is 0 Å². The van der Waals surface area contributed by atoms with E-state index in [-0.39, 0.29) is 17.4 Å². The Morgan fingerprint density at radius 2 is 2.00 bits per heavy atom. The van der Waals surface area contributed by atoms with Gasteiger partial charge in [-0.25, -0.2) is 12.8 Å². The maximum Gasteiger partial charge on any atom is 0.231 e.